The Morgan fingerprint density at radius 1 is 0.279 bits per heavy atom. The quantitative estimate of drug-likeness (QED) is 0.144. The summed E-state index contributed by atoms with van der Waals surface area (Å²) in [7, 11) is 0. The second-order valence-electron chi connectivity index (χ2n) is 15.4. The molecule has 0 fully saturated rings. The largest absolute Gasteiger partial charge is 0.311 e. The van der Waals surface area contributed by atoms with Gasteiger partial charge in [0, 0.05) is 33.6 Å². The summed E-state index contributed by atoms with van der Waals surface area (Å²) in [5, 5.41) is 4.60. The molecule has 0 spiro atoms. The van der Waals surface area contributed by atoms with Gasteiger partial charge in [-0.2, -0.15) is 0 Å². The Bertz CT molecular complexity index is 3290. The third-order valence-electron chi connectivity index (χ3n) is 11.7. The topological polar surface area (TPSA) is 29.0 Å². The molecule has 0 aliphatic heterocycles. The van der Waals surface area contributed by atoms with E-state index in [0.29, 0.717) is 0 Å². The van der Waals surface area contributed by atoms with Crippen molar-refractivity contribution in [3.8, 4) is 55.9 Å². The Hall–Kier alpha value is -8.14. The van der Waals surface area contributed by atoms with Crippen LogP contribution >= 0.6 is 0 Å². The van der Waals surface area contributed by atoms with Gasteiger partial charge in [-0.1, -0.05) is 188 Å². The standard InChI is InChI=1S/C58H39N3/c1-5-13-40(14-6-1)42-29-34-51(35-30-42)61(50-19-11-4-12-20-50)52-36-31-43(32-37-52)41-21-23-44(24-22-41)49-28-26-45-25-27-46-33-38-54-58(55(46)53(45)39-49)60-57(48-17-9-3-10-18-48)56(59-54)47-15-7-2-8-16-47/h1-39H. The number of para-hydroxylation sites is 1. The van der Waals surface area contributed by atoms with Gasteiger partial charge in [0.15, 0.2) is 0 Å². The fourth-order valence-corrected chi connectivity index (χ4v) is 8.55. The van der Waals surface area contributed by atoms with Crippen molar-refractivity contribution < 1.29 is 0 Å². The van der Waals surface area contributed by atoms with E-state index in [1.807, 2.05) is 12.1 Å². The number of nitrogens with zero attached hydrogens (tertiary/aromatic N) is 3. The van der Waals surface area contributed by atoms with Gasteiger partial charge in [-0.3, -0.25) is 0 Å². The number of rotatable bonds is 8. The molecule has 0 aliphatic rings. The summed E-state index contributed by atoms with van der Waals surface area (Å²) in [6, 6.07) is 84.0. The Morgan fingerprint density at radius 2 is 0.656 bits per heavy atom. The van der Waals surface area contributed by atoms with Crippen molar-refractivity contribution in [1.29, 1.82) is 0 Å². The maximum atomic E-state index is 5.45. The Kier molecular flexibility index (Phi) is 9.18. The van der Waals surface area contributed by atoms with Crippen molar-refractivity contribution in [1.82, 2.24) is 9.97 Å². The molecule has 0 bridgehead atoms. The molecule has 0 saturated carbocycles. The van der Waals surface area contributed by atoms with Crippen LogP contribution in [0.15, 0.2) is 237 Å². The fourth-order valence-electron chi connectivity index (χ4n) is 8.55. The first-order valence-corrected chi connectivity index (χ1v) is 20.7. The highest BCUT2D eigenvalue weighted by molar-refractivity contribution is 6.19. The van der Waals surface area contributed by atoms with E-state index in [9.17, 15) is 0 Å². The molecule has 3 nitrogen and oxygen atoms in total. The zero-order valence-corrected chi connectivity index (χ0v) is 33.4. The van der Waals surface area contributed by atoms with E-state index >= 15 is 0 Å². The van der Waals surface area contributed by atoms with E-state index in [1.165, 1.54) is 33.0 Å². The lowest BCUT2D eigenvalue weighted by molar-refractivity contribution is 1.28. The van der Waals surface area contributed by atoms with Crippen LogP contribution < -0.4 is 4.90 Å². The molecule has 0 radical (unpaired) electrons. The number of hydrogen-bond donors (Lipinski definition) is 0. The normalized spacial score (nSPS) is 11.3. The highest BCUT2D eigenvalue weighted by atomic mass is 15.1. The lowest BCUT2D eigenvalue weighted by Gasteiger charge is -2.26. The molecule has 0 amide bonds. The van der Waals surface area contributed by atoms with Crippen LogP contribution in [0.1, 0.15) is 0 Å². The number of hydrogen-bond acceptors (Lipinski definition) is 3. The zero-order chi connectivity index (χ0) is 40.5. The van der Waals surface area contributed by atoms with Crippen LogP contribution in [-0.4, -0.2) is 9.97 Å². The highest BCUT2D eigenvalue weighted by Gasteiger charge is 2.17. The molecule has 0 saturated heterocycles. The number of anilines is 3. The third-order valence-corrected chi connectivity index (χ3v) is 11.7. The van der Waals surface area contributed by atoms with Crippen LogP contribution in [0.2, 0.25) is 0 Å². The smallest absolute Gasteiger partial charge is 0.0979 e. The summed E-state index contributed by atoms with van der Waals surface area (Å²) in [5.41, 5.74) is 16.1. The van der Waals surface area contributed by atoms with Gasteiger partial charge in [0.2, 0.25) is 0 Å². The first-order chi connectivity index (χ1) is 30.2. The van der Waals surface area contributed by atoms with E-state index in [4.69, 9.17) is 9.97 Å². The molecule has 0 atom stereocenters. The van der Waals surface area contributed by atoms with E-state index in [2.05, 4.69) is 229 Å². The number of fused-ring (bicyclic) bond motifs is 5. The Morgan fingerprint density at radius 3 is 1.21 bits per heavy atom. The first kappa shape index (κ1) is 36.0. The SMILES string of the molecule is c1ccc(-c2ccc(N(c3ccccc3)c3ccc(-c4ccc(-c5ccc6ccc7ccc8nc(-c9ccccc9)c(-c9ccccc9)nc8c7c6c5)cc4)cc3)cc2)cc1. The van der Waals surface area contributed by atoms with Crippen molar-refractivity contribution in [2.45, 2.75) is 0 Å². The van der Waals surface area contributed by atoms with Gasteiger partial charge in [0.1, 0.15) is 0 Å². The van der Waals surface area contributed by atoms with Crippen LogP contribution in [0.25, 0.3) is 88.5 Å². The number of aromatic nitrogens is 2. The summed E-state index contributed by atoms with van der Waals surface area (Å²) < 4.78 is 0. The average molecular weight is 778 g/mol. The molecule has 0 unspecified atom stereocenters. The maximum absolute atomic E-state index is 5.45. The average Bonchev–Trinajstić information content (AvgIpc) is 3.35. The lowest BCUT2D eigenvalue weighted by Crippen LogP contribution is -2.09. The van der Waals surface area contributed by atoms with E-state index < -0.39 is 0 Å². The molecule has 1 heterocycles. The third kappa shape index (κ3) is 6.88. The zero-order valence-electron chi connectivity index (χ0n) is 33.4. The fraction of sp³-hybridized carbons (Fsp3) is 0. The molecule has 10 aromatic carbocycles. The molecule has 11 aromatic rings. The van der Waals surface area contributed by atoms with Crippen molar-refractivity contribution >= 4 is 49.6 Å². The predicted molar refractivity (Wildman–Crippen MR) is 256 cm³/mol. The molecule has 0 N–H and O–H groups in total. The van der Waals surface area contributed by atoms with Crippen LogP contribution in [0.3, 0.4) is 0 Å². The van der Waals surface area contributed by atoms with Gasteiger partial charge in [-0.25, -0.2) is 9.97 Å². The maximum Gasteiger partial charge on any atom is 0.0979 e. The van der Waals surface area contributed by atoms with Crippen molar-refractivity contribution in [3.63, 3.8) is 0 Å². The van der Waals surface area contributed by atoms with Gasteiger partial charge >= 0.3 is 0 Å². The van der Waals surface area contributed by atoms with Gasteiger partial charge < -0.3 is 4.90 Å². The number of benzene rings is 10. The molecular formula is C58H39N3. The van der Waals surface area contributed by atoms with Crippen molar-refractivity contribution in [2.75, 3.05) is 4.90 Å². The van der Waals surface area contributed by atoms with Gasteiger partial charge in [0.25, 0.3) is 0 Å². The summed E-state index contributed by atoms with van der Waals surface area (Å²) in [6.45, 7) is 0. The summed E-state index contributed by atoms with van der Waals surface area (Å²) in [5.74, 6) is 0. The molecular weight excluding hydrogens is 739 g/mol. The molecule has 0 aliphatic carbocycles. The van der Waals surface area contributed by atoms with E-state index in [0.717, 1.165) is 72.5 Å². The minimum Gasteiger partial charge on any atom is -0.311 e. The second-order valence-corrected chi connectivity index (χ2v) is 15.4. The lowest BCUT2D eigenvalue weighted by atomic mass is 9.95. The first-order valence-electron chi connectivity index (χ1n) is 20.7. The molecule has 3 heteroatoms. The molecule has 11 rings (SSSR count). The van der Waals surface area contributed by atoms with Gasteiger partial charge in [-0.15, -0.1) is 0 Å². The monoisotopic (exact) mass is 777 g/mol. The Labute approximate surface area is 355 Å². The van der Waals surface area contributed by atoms with Crippen LogP contribution in [0.4, 0.5) is 17.1 Å². The minimum atomic E-state index is 0.882. The highest BCUT2D eigenvalue weighted by Crippen LogP contribution is 2.39. The van der Waals surface area contributed by atoms with E-state index in [-0.39, 0.29) is 0 Å². The van der Waals surface area contributed by atoms with Gasteiger partial charge in [0.05, 0.1) is 22.4 Å². The van der Waals surface area contributed by atoms with Crippen LogP contribution in [0.5, 0.6) is 0 Å². The summed E-state index contributed by atoms with van der Waals surface area (Å²) in [4.78, 5) is 13.1. The van der Waals surface area contributed by atoms with Crippen LogP contribution in [-0.2, 0) is 0 Å². The molecule has 286 valence electrons. The second kappa shape index (κ2) is 15.6. The predicted octanol–water partition coefficient (Wildman–Crippen LogP) is 15.7. The molecule has 1 aromatic heterocycles. The summed E-state index contributed by atoms with van der Waals surface area (Å²) in [6.07, 6.45) is 0. The summed E-state index contributed by atoms with van der Waals surface area (Å²) >= 11 is 0. The van der Waals surface area contributed by atoms with Crippen molar-refractivity contribution in [3.05, 3.63) is 237 Å². The van der Waals surface area contributed by atoms with Crippen LogP contribution in [0, 0.1) is 0 Å². The molecule has 61 heavy (non-hydrogen) atoms. The minimum absolute atomic E-state index is 0.882. The Balaban J connectivity index is 0.934. The van der Waals surface area contributed by atoms with Crippen molar-refractivity contribution in [2.24, 2.45) is 0 Å². The van der Waals surface area contributed by atoms with Gasteiger partial charge in [-0.05, 0) is 98.1 Å². The van der Waals surface area contributed by atoms with E-state index in [1.54, 1.807) is 0 Å².